The molecule has 0 amide bonds. The molecule has 1 aliphatic rings. The molecular formula is C10H16O5. The van der Waals surface area contributed by atoms with E-state index >= 15 is 0 Å². The van der Waals surface area contributed by atoms with Crippen LogP contribution in [0.25, 0.3) is 0 Å². The van der Waals surface area contributed by atoms with Crippen LogP contribution >= 0.6 is 0 Å². The predicted molar refractivity (Wildman–Crippen MR) is 53.3 cm³/mol. The Morgan fingerprint density at radius 2 is 2.13 bits per heavy atom. The Hall–Kier alpha value is -1.20. The maximum atomic E-state index is 9.57. The lowest BCUT2D eigenvalue weighted by Gasteiger charge is -2.22. The van der Waals surface area contributed by atoms with Crippen LogP contribution in [0.2, 0.25) is 0 Å². The summed E-state index contributed by atoms with van der Waals surface area (Å²) < 4.78 is 20.5. The molecule has 5 nitrogen and oxygen atoms in total. The monoisotopic (exact) mass is 216 g/mol. The first-order valence-corrected chi connectivity index (χ1v) is 4.50. The molecule has 2 unspecified atom stereocenters. The van der Waals surface area contributed by atoms with Crippen LogP contribution in [0.5, 0.6) is 0 Å². The molecule has 5 heteroatoms. The molecule has 0 aromatic carbocycles. The highest BCUT2D eigenvalue weighted by atomic mass is 16.6. The van der Waals surface area contributed by atoms with Crippen molar-refractivity contribution in [2.75, 3.05) is 27.9 Å². The normalized spacial score (nSPS) is 22.9. The minimum absolute atomic E-state index is 0.0688. The Bertz CT molecular complexity index is 271. The topological polar surface area (TPSA) is 57.2 Å². The zero-order valence-corrected chi connectivity index (χ0v) is 9.15. The van der Waals surface area contributed by atoms with Gasteiger partial charge in [-0.2, -0.15) is 0 Å². The van der Waals surface area contributed by atoms with Gasteiger partial charge in [-0.1, -0.05) is 6.58 Å². The smallest absolute Gasteiger partial charge is 0.199 e. The number of ether oxygens (including phenoxy) is 4. The Morgan fingerprint density at radius 1 is 1.47 bits per heavy atom. The van der Waals surface area contributed by atoms with Crippen LogP contribution in [0.3, 0.4) is 0 Å². The minimum atomic E-state index is -0.507. The van der Waals surface area contributed by atoms with Gasteiger partial charge in [0.2, 0.25) is 0 Å². The highest BCUT2D eigenvalue weighted by Gasteiger charge is 2.37. The quantitative estimate of drug-likeness (QED) is 0.742. The van der Waals surface area contributed by atoms with Crippen molar-refractivity contribution in [3.8, 4) is 0 Å². The second-order valence-corrected chi connectivity index (χ2v) is 3.11. The fourth-order valence-electron chi connectivity index (χ4n) is 1.44. The Labute approximate surface area is 88.9 Å². The van der Waals surface area contributed by atoms with Crippen molar-refractivity contribution in [1.29, 1.82) is 0 Å². The first kappa shape index (κ1) is 11.9. The van der Waals surface area contributed by atoms with Gasteiger partial charge in [-0.3, -0.25) is 0 Å². The highest BCUT2D eigenvalue weighted by molar-refractivity contribution is 5.29. The maximum absolute atomic E-state index is 9.57. The van der Waals surface area contributed by atoms with E-state index in [0.29, 0.717) is 12.4 Å². The summed E-state index contributed by atoms with van der Waals surface area (Å²) >= 11 is 0. The van der Waals surface area contributed by atoms with E-state index in [9.17, 15) is 5.11 Å². The molecule has 1 aliphatic heterocycles. The third-order valence-corrected chi connectivity index (χ3v) is 2.22. The van der Waals surface area contributed by atoms with E-state index in [0.717, 1.165) is 0 Å². The summed E-state index contributed by atoms with van der Waals surface area (Å²) in [5.74, 6) is 0.444. The van der Waals surface area contributed by atoms with Crippen molar-refractivity contribution >= 4 is 0 Å². The van der Waals surface area contributed by atoms with Gasteiger partial charge >= 0.3 is 0 Å². The van der Waals surface area contributed by atoms with E-state index in [2.05, 4.69) is 6.58 Å². The van der Waals surface area contributed by atoms with Crippen molar-refractivity contribution in [2.45, 2.75) is 12.2 Å². The van der Waals surface area contributed by atoms with Gasteiger partial charge in [-0.15, -0.1) is 0 Å². The zero-order chi connectivity index (χ0) is 11.4. The van der Waals surface area contributed by atoms with E-state index in [1.165, 1.54) is 7.11 Å². The fourth-order valence-corrected chi connectivity index (χ4v) is 1.44. The summed E-state index contributed by atoms with van der Waals surface area (Å²) in [7, 11) is 4.56. The zero-order valence-electron chi connectivity index (χ0n) is 9.15. The summed E-state index contributed by atoms with van der Waals surface area (Å²) in [6.45, 7) is 3.90. The second-order valence-electron chi connectivity index (χ2n) is 3.11. The molecule has 0 aromatic rings. The maximum Gasteiger partial charge on any atom is 0.199 e. The molecule has 0 radical (unpaired) electrons. The van der Waals surface area contributed by atoms with Crippen LogP contribution in [-0.4, -0.2) is 45.3 Å². The Balaban J connectivity index is 2.82. The Kier molecular flexibility index (Phi) is 3.99. The number of aliphatic hydroxyl groups excluding tert-OH is 1. The van der Waals surface area contributed by atoms with Gasteiger partial charge in [-0.25, -0.2) is 0 Å². The van der Waals surface area contributed by atoms with Gasteiger partial charge in [0, 0.05) is 14.2 Å². The van der Waals surface area contributed by atoms with Crippen molar-refractivity contribution in [3.05, 3.63) is 23.9 Å². The summed E-state index contributed by atoms with van der Waals surface area (Å²) in [6, 6.07) is 0. The van der Waals surface area contributed by atoms with Crippen molar-refractivity contribution < 1.29 is 24.1 Å². The lowest BCUT2D eigenvalue weighted by molar-refractivity contribution is -0.0536. The SMILES string of the molecule is C=C1OC(C(COC)OC)C(OC)=C1O. The van der Waals surface area contributed by atoms with Gasteiger partial charge in [0.15, 0.2) is 23.4 Å². The second kappa shape index (κ2) is 5.04. The van der Waals surface area contributed by atoms with Gasteiger partial charge < -0.3 is 24.1 Å². The van der Waals surface area contributed by atoms with E-state index in [4.69, 9.17) is 18.9 Å². The van der Waals surface area contributed by atoms with Crippen molar-refractivity contribution in [2.24, 2.45) is 0 Å². The summed E-state index contributed by atoms with van der Waals surface area (Å²) in [6.07, 6.45) is -0.848. The van der Waals surface area contributed by atoms with Crippen LogP contribution in [-0.2, 0) is 18.9 Å². The molecular weight excluding hydrogens is 200 g/mol. The molecule has 1 rings (SSSR count). The molecule has 1 N–H and O–H groups in total. The molecule has 2 atom stereocenters. The molecule has 15 heavy (non-hydrogen) atoms. The van der Waals surface area contributed by atoms with Gasteiger partial charge in [0.1, 0.15) is 6.10 Å². The standard InChI is InChI=1S/C10H16O5/c1-6-8(11)10(14-4)9(15-6)7(13-3)5-12-2/h7,9,11H,1,5H2,2-4H3. The van der Waals surface area contributed by atoms with Crippen LogP contribution in [0.1, 0.15) is 0 Å². The average Bonchev–Trinajstić information content (AvgIpc) is 2.51. The van der Waals surface area contributed by atoms with Crippen LogP contribution in [0.15, 0.2) is 23.9 Å². The number of rotatable bonds is 5. The van der Waals surface area contributed by atoms with E-state index in [1.54, 1.807) is 14.2 Å². The summed E-state index contributed by atoms with van der Waals surface area (Å²) in [5, 5.41) is 9.57. The first-order valence-electron chi connectivity index (χ1n) is 4.50. The third kappa shape index (κ3) is 2.24. The average molecular weight is 216 g/mol. The lowest BCUT2D eigenvalue weighted by Crippen LogP contribution is -2.34. The molecule has 0 fully saturated rings. The molecule has 0 spiro atoms. The van der Waals surface area contributed by atoms with E-state index in [1.807, 2.05) is 0 Å². The number of methoxy groups -OCH3 is 3. The lowest BCUT2D eigenvalue weighted by atomic mass is 10.2. The largest absolute Gasteiger partial charge is 0.502 e. The van der Waals surface area contributed by atoms with Crippen LogP contribution in [0, 0.1) is 0 Å². The summed E-state index contributed by atoms with van der Waals surface area (Å²) in [4.78, 5) is 0. The number of hydrogen-bond acceptors (Lipinski definition) is 5. The number of hydrogen-bond donors (Lipinski definition) is 1. The van der Waals surface area contributed by atoms with Crippen LogP contribution < -0.4 is 0 Å². The molecule has 1 heterocycles. The first-order chi connectivity index (χ1) is 7.15. The summed E-state index contributed by atoms with van der Waals surface area (Å²) in [5.41, 5.74) is 0. The van der Waals surface area contributed by atoms with Crippen molar-refractivity contribution in [1.82, 2.24) is 0 Å². The van der Waals surface area contributed by atoms with Gasteiger partial charge in [0.05, 0.1) is 13.7 Å². The molecule has 86 valence electrons. The van der Waals surface area contributed by atoms with E-state index < -0.39 is 6.10 Å². The molecule has 0 aliphatic carbocycles. The fraction of sp³-hybridized carbons (Fsp3) is 0.600. The van der Waals surface area contributed by atoms with Gasteiger partial charge in [0.25, 0.3) is 0 Å². The third-order valence-electron chi connectivity index (χ3n) is 2.22. The van der Waals surface area contributed by atoms with Crippen molar-refractivity contribution in [3.63, 3.8) is 0 Å². The molecule has 0 saturated carbocycles. The van der Waals surface area contributed by atoms with E-state index in [-0.39, 0.29) is 17.6 Å². The molecule has 0 bridgehead atoms. The number of aliphatic hydroxyl groups is 1. The predicted octanol–water partition coefficient (Wildman–Crippen LogP) is 0.976. The Morgan fingerprint density at radius 3 is 2.60 bits per heavy atom. The van der Waals surface area contributed by atoms with Gasteiger partial charge in [-0.05, 0) is 0 Å². The highest BCUT2D eigenvalue weighted by Crippen LogP contribution is 2.30. The van der Waals surface area contributed by atoms with Crippen LogP contribution in [0.4, 0.5) is 0 Å². The molecule has 0 saturated heterocycles. The minimum Gasteiger partial charge on any atom is -0.502 e. The molecule has 0 aromatic heterocycles.